The van der Waals surface area contributed by atoms with Gasteiger partial charge in [-0.1, -0.05) is 285 Å². The van der Waals surface area contributed by atoms with Crippen molar-refractivity contribution in [2.75, 3.05) is 40.9 Å². The number of carbonyl (C=O) groups excluding carboxylic acids is 2. The second-order valence-corrected chi connectivity index (χ2v) is 26.1. The summed E-state index contributed by atoms with van der Waals surface area (Å²) < 4.78 is 30.8. The van der Waals surface area contributed by atoms with E-state index >= 15 is 0 Å². The molecule has 0 saturated carbocycles. The van der Waals surface area contributed by atoms with Gasteiger partial charge in [0.05, 0.1) is 33.8 Å². The fraction of sp³-hybridized carbons (Fsp3) is 0.733. The molecule has 0 radical (unpaired) electrons. The number of ether oxygens (including phenoxy) is 1. The summed E-state index contributed by atoms with van der Waals surface area (Å²) in [5.74, 6) is -0.553. The van der Waals surface area contributed by atoms with Crippen LogP contribution >= 0.6 is 7.82 Å². The van der Waals surface area contributed by atoms with E-state index in [2.05, 4.69) is 123 Å². The van der Waals surface area contributed by atoms with Crippen LogP contribution in [0.3, 0.4) is 0 Å². The molecular formula is C75H134N2O7P+. The first kappa shape index (κ1) is 81.7. The van der Waals surface area contributed by atoms with Crippen LogP contribution < -0.4 is 5.32 Å². The van der Waals surface area contributed by atoms with Gasteiger partial charge in [-0.2, -0.15) is 0 Å². The van der Waals surface area contributed by atoms with E-state index < -0.39 is 20.0 Å². The highest BCUT2D eigenvalue weighted by Crippen LogP contribution is 2.43. The molecule has 10 heteroatoms. The third kappa shape index (κ3) is 65.0. The molecule has 1 amide bonds. The molecule has 9 nitrogen and oxygen atoms in total. The lowest BCUT2D eigenvalue weighted by Gasteiger charge is -2.27. The second-order valence-electron chi connectivity index (χ2n) is 24.7. The average Bonchev–Trinajstić information content (AvgIpc) is 3.48. The Labute approximate surface area is 525 Å². The molecule has 3 atom stereocenters. The number of hydrogen-bond donors (Lipinski definition) is 2. The van der Waals surface area contributed by atoms with E-state index in [1.165, 1.54) is 167 Å². The Balaban J connectivity index is 5.18. The molecule has 0 aromatic rings. The van der Waals surface area contributed by atoms with Crippen LogP contribution in [0.5, 0.6) is 0 Å². The van der Waals surface area contributed by atoms with Crippen molar-refractivity contribution in [3.63, 3.8) is 0 Å². The number of hydrogen-bond acceptors (Lipinski definition) is 6. The summed E-state index contributed by atoms with van der Waals surface area (Å²) in [5.41, 5.74) is 0. The highest BCUT2D eigenvalue weighted by atomic mass is 31.2. The molecule has 0 aliphatic carbocycles. The zero-order valence-corrected chi connectivity index (χ0v) is 57.0. The number of allylic oxidation sites excluding steroid dienone is 17. The molecule has 0 aliphatic heterocycles. The van der Waals surface area contributed by atoms with Crippen LogP contribution in [0.15, 0.2) is 109 Å². The van der Waals surface area contributed by atoms with Gasteiger partial charge in [0, 0.05) is 12.8 Å². The fourth-order valence-corrected chi connectivity index (χ4v) is 10.5. The van der Waals surface area contributed by atoms with Crippen molar-refractivity contribution in [1.29, 1.82) is 0 Å². The molecule has 3 unspecified atom stereocenters. The SMILES string of the molecule is CC/C=C\C/C=C\C/C=C\C/C=C\C/C=C\C/C=C\CCCCC(=O)OC(/C=C\CCCCCCCCCCCCC)C(COP(=O)(O)OCC[N+](C)(C)C)NC(=O)CCCCCCCCCCCCCCCCC/C=C\C/C=C\CCCCC. The molecule has 0 aliphatic rings. The summed E-state index contributed by atoms with van der Waals surface area (Å²) in [4.78, 5) is 37.9. The number of quaternary nitrogens is 1. The standard InChI is InChI=1S/C75H133N2O7P/c1-7-10-13-16-19-22-25-28-30-32-34-36-37-38-39-41-42-44-46-49-52-55-58-61-64-67-74(78)76-72(71-83-85(80,81)82-70-69-77(4,5)6)73(66-63-60-57-54-51-48-27-24-21-18-15-12-9-3)84-75(79)68-65-62-59-56-53-50-47-45-43-40-35-33-31-29-26-23-20-17-14-11-8-2/h11,14,19-20,22-23,28-31,35,40,45,47,53,56,63,66,72-73H,7-10,12-13,15-18,21,24-27,32-34,36-39,41-44,46,48-52,54-55,57-62,64-65,67-71H2,1-6H3,(H-,76,78,80,81)/p+1/b14-11-,22-19-,23-20-,30-28-,31-29-,40-35-,47-45-,56-53-,66-63-. The van der Waals surface area contributed by atoms with E-state index in [0.29, 0.717) is 23.9 Å². The number of unbranched alkanes of at least 4 members (excludes halogenated alkanes) is 31. The second kappa shape index (κ2) is 63.7. The van der Waals surface area contributed by atoms with Gasteiger partial charge in [0.2, 0.25) is 5.91 Å². The Morgan fingerprint density at radius 1 is 0.424 bits per heavy atom. The summed E-state index contributed by atoms with van der Waals surface area (Å²) in [7, 11) is 1.47. The molecule has 0 bridgehead atoms. The average molecular weight is 1210 g/mol. The maximum absolute atomic E-state index is 13.6. The maximum atomic E-state index is 13.6. The lowest BCUT2D eigenvalue weighted by Crippen LogP contribution is -2.47. The van der Waals surface area contributed by atoms with Crippen LogP contribution in [0.4, 0.5) is 0 Å². The van der Waals surface area contributed by atoms with Crippen LogP contribution in [0.2, 0.25) is 0 Å². The van der Waals surface area contributed by atoms with Crippen LogP contribution in [-0.2, 0) is 27.9 Å². The Bertz CT molecular complexity index is 1820. The lowest BCUT2D eigenvalue weighted by atomic mass is 10.0. The molecule has 0 rings (SSSR count). The van der Waals surface area contributed by atoms with Gasteiger partial charge in [0.1, 0.15) is 19.3 Å². The molecular weight excluding hydrogens is 1070 g/mol. The Hall–Kier alpha value is -3.33. The minimum Gasteiger partial charge on any atom is -0.456 e. The van der Waals surface area contributed by atoms with Gasteiger partial charge in [0.15, 0.2) is 0 Å². The smallest absolute Gasteiger partial charge is 0.456 e. The quantitative estimate of drug-likeness (QED) is 0.0205. The van der Waals surface area contributed by atoms with Crippen LogP contribution in [0, 0.1) is 0 Å². The zero-order valence-electron chi connectivity index (χ0n) is 56.1. The minimum atomic E-state index is -4.47. The number of esters is 1. The number of rotatable bonds is 63. The molecule has 490 valence electrons. The van der Waals surface area contributed by atoms with Crippen molar-refractivity contribution >= 4 is 19.7 Å². The lowest BCUT2D eigenvalue weighted by molar-refractivity contribution is -0.870. The van der Waals surface area contributed by atoms with E-state index in [-0.39, 0.29) is 31.5 Å². The van der Waals surface area contributed by atoms with Gasteiger partial charge >= 0.3 is 13.8 Å². The number of amides is 1. The van der Waals surface area contributed by atoms with E-state index in [0.717, 1.165) is 96.3 Å². The van der Waals surface area contributed by atoms with Crippen molar-refractivity contribution < 1.29 is 37.3 Å². The Kier molecular flexibility index (Phi) is 61.2. The monoisotopic (exact) mass is 1210 g/mol. The van der Waals surface area contributed by atoms with E-state index in [1.54, 1.807) is 0 Å². The minimum absolute atomic E-state index is 0.0289. The van der Waals surface area contributed by atoms with Gasteiger partial charge < -0.3 is 19.4 Å². The molecule has 0 aromatic heterocycles. The Morgan fingerprint density at radius 3 is 1.16 bits per heavy atom. The summed E-state index contributed by atoms with van der Waals surface area (Å²) in [5, 5.41) is 3.06. The fourth-order valence-electron chi connectivity index (χ4n) is 9.80. The summed E-state index contributed by atoms with van der Waals surface area (Å²) in [6.07, 6.45) is 88.2. The third-order valence-corrected chi connectivity index (χ3v) is 16.2. The van der Waals surface area contributed by atoms with Gasteiger partial charge in [-0.05, 0) is 115 Å². The summed E-state index contributed by atoms with van der Waals surface area (Å²) in [6, 6.07) is -0.874. The maximum Gasteiger partial charge on any atom is 0.472 e. The summed E-state index contributed by atoms with van der Waals surface area (Å²) in [6.45, 7) is 6.86. The number of nitrogens with one attached hydrogen (secondary N) is 1. The molecule has 0 aromatic carbocycles. The van der Waals surface area contributed by atoms with E-state index in [9.17, 15) is 19.0 Å². The largest absolute Gasteiger partial charge is 0.472 e. The van der Waals surface area contributed by atoms with Crippen molar-refractivity contribution in [3.05, 3.63) is 109 Å². The molecule has 0 heterocycles. The predicted octanol–water partition coefficient (Wildman–Crippen LogP) is 22.5. The molecule has 2 N–H and O–H groups in total. The van der Waals surface area contributed by atoms with Crippen LogP contribution in [0.25, 0.3) is 0 Å². The first-order valence-electron chi connectivity index (χ1n) is 35.2. The molecule has 0 spiro atoms. The number of phosphoric ester groups is 1. The van der Waals surface area contributed by atoms with E-state index in [4.69, 9.17) is 13.8 Å². The topological polar surface area (TPSA) is 111 Å². The van der Waals surface area contributed by atoms with Crippen molar-refractivity contribution in [2.45, 2.75) is 315 Å². The first-order valence-corrected chi connectivity index (χ1v) is 36.7. The van der Waals surface area contributed by atoms with Gasteiger partial charge in [-0.3, -0.25) is 18.6 Å². The van der Waals surface area contributed by atoms with Crippen LogP contribution in [-0.4, -0.2) is 74.3 Å². The molecule has 0 saturated heterocycles. The highest BCUT2D eigenvalue weighted by Gasteiger charge is 2.30. The van der Waals surface area contributed by atoms with Crippen molar-refractivity contribution in [2.24, 2.45) is 0 Å². The summed E-state index contributed by atoms with van der Waals surface area (Å²) >= 11 is 0. The van der Waals surface area contributed by atoms with Crippen molar-refractivity contribution in [1.82, 2.24) is 5.32 Å². The highest BCUT2D eigenvalue weighted by molar-refractivity contribution is 7.47. The number of carbonyl (C=O) groups is 2. The van der Waals surface area contributed by atoms with E-state index in [1.807, 2.05) is 33.3 Å². The first-order chi connectivity index (χ1) is 41.4. The third-order valence-electron chi connectivity index (χ3n) is 15.2. The Morgan fingerprint density at radius 2 is 0.753 bits per heavy atom. The zero-order chi connectivity index (χ0) is 62.1. The van der Waals surface area contributed by atoms with Gasteiger partial charge in [-0.15, -0.1) is 0 Å². The van der Waals surface area contributed by atoms with Crippen LogP contribution in [0.1, 0.15) is 303 Å². The van der Waals surface area contributed by atoms with Crippen molar-refractivity contribution in [3.8, 4) is 0 Å². The normalized spacial score (nSPS) is 14.2. The molecule has 85 heavy (non-hydrogen) atoms. The number of nitrogens with zero attached hydrogens (tertiary/aromatic N) is 1. The number of phosphoric acid groups is 1. The van der Waals surface area contributed by atoms with Gasteiger partial charge in [-0.25, -0.2) is 4.57 Å². The van der Waals surface area contributed by atoms with Gasteiger partial charge in [0.25, 0.3) is 0 Å². The predicted molar refractivity (Wildman–Crippen MR) is 369 cm³/mol. The molecule has 0 fully saturated rings. The number of likely N-dealkylation sites (N-methyl/N-ethyl adjacent to an activating group) is 1.